The Kier molecular flexibility index (Phi) is 6.33. The van der Waals surface area contributed by atoms with E-state index in [1.54, 1.807) is 31.2 Å². The molecular formula is C22H21F3N2O4. The molecule has 0 radical (unpaired) electrons. The van der Waals surface area contributed by atoms with Gasteiger partial charge in [-0.3, -0.25) is 9.59 Å². The summed E-state index contributed by atoms with van der Waals surface area (Å²) in [6, 6.07) is 8.34. The normalized spacial score (nSPS) is 17.5. The molecule has 31 heavy (non-hydrogen) atoms. The lowest BCUT2D eigenvalue weighted by Crippen LogP contribution is -2.54. The average Bonchev–Trinajstić information content (AvgIpc) is 2.73. The third-order valence-corrected chi connectivity index (χ3v) is 4.96. The topological polar surface area (TPSA) is 75.7 Å². The van der Waals surface area contributed by atoms with Crippen LogP contribution in [0.1, 0.15) is 36.2 Å². The Morgan fingerprint density at radius 3 is 2.55 bits per heavy atom. The van der Waals surface area contributed by atoms with Gasteiger partial charge in [0.25, 0.3) is 5.91 Å². The zero-order chi connectivity index (χ0) is 22.8. The molecule has 0 fully saturated rings. The van der Waals surface area contributed by atoms with Crippen molar-refractivity contribution < 1.29 is 32.3 Å². The Hall–Kier alpha value is -3.36. The van der Waals surface area contributed by atoms with Gasteiger partial charge in [0.1, 0.15) is 0 Å². The molecule has 2 amide bonds. The van der Waals surface area contributed by atoms with Crippen LogP contribution in [0.4, 0.5) is 18.9 Å². The maximum atomic E-state index is 13.8. The molecule has 1 aliphatic heterocycles. The van der Waals surface area contributed by atoms with Crippen molar-refractivity contribution in [2.24, 2.45) is 0 Å². The largest absolute Gasteiger partial charge is 0.445 e. The highest BCUT2D eigenvalue weighted by molar-refractivity contribution is 5.99. The number of carbonyl (C=O) groups is 3. The minimum absolute atomic E-state index is 0.132. The lowest BCUT2D eigenvalue weighted by atomic mass is 9.89. The predicted molar refractivity (Wildman–Crippen MR) is 106 cm³/mol. The molecule has 1 N–H and O–H groups in total. The fourth-order valence-corrected chi connectivity index (χ4v) is 3.49. The Morgan fingerprint density at radius 1 is 1.13 bits per heavy atom. The zero-order valence-corrected chi connectivity index (χ0v) is 17.0. The molecule has 6 nitrogen and oxygen atoms in total. The zero-order valence-electron chi connectivity index (χ0n) is 17.0. The molecule has 1 aliphatic rings. The summed E-state index contributed by atoms with van der Waals surface area (Å²) in [6.45, 7) is 2.94. The molecule has 2 aromatic rings. The summed E-state index contributed by atoms with van der Waals surface area (Å²) in [6.07, 6.45) is 0.632. The number of nitrogens with zero attached hydrogens (tertiary/aromatic N) is 1. The highest BCUT2D eigenvalue weighted by Gasteiger charge is 2.45. The Morgan fingerprint density at radius 2 is 1.84 bits per heavy atom. The Balaban J connectivity index is 1.77. The minimum atomic E-state index is -1.71. The van der Waals surface area contributed by atoms with Crippen LogP contribution in [0.15, 0.2) is 36.4 Å². The smallest absolute Gasteiger partial charge is 0.339 e. The average molecular weight is 434 g/mol. The second-order valence-corrected chi connectivity index (χ2v) is 7.45. The summed E-state index contributed by atoms with van der Waals surface area (Å²) in [5.74, 6) is -6.66. The molecule has 0 spiro atoms. The molecule has 1 unspecified atom stereocenters. The number of carbonyl (C=O) groups excluding carboxylic acids is 3. The van der Waals surface area contributed by atoms with Crippen LogP contribution in [-0.2, 0) is 20.7 Å². The third-order valence-electron chi connectivity index (χ3n) is 4.96. The van der Waals surface area contributed by atoms with Crippen LogP contribution in [0.3, 0.4) is 0 Å². The van der Waals surface area contributed by atoms with Crippen molar-refractivity contribution >= 4 is 23.5 Å². The summed E-state index contributed by atoms with van der Waals surface area (Å²) in [4.78, 5) is 39.2. The Labute approximate surface area is 177 Å². The van der Waals surface area contributed by atoms with Gasteiger partial charge in [-0.2, -0.15) is 0 Å². The fraction of sp³-hybridized carbons (Fsp3) is 0.318. The number of fused-ring (bicyclic) bond motifs is 1. The SMILES string of the molecule is CCCN(CC(=O)Nc1ccc(F)c(F)c1F)C(=O)C1(C)Cc2ccccc2C(=O)O1. The van der Waals surface area contributed by atoms with Gasteiger partial charge in [0.05, 0.1) is 17.8 Å². The number of rotatable bonds is 6. The van der Waals surface area contributed by atoms with Crippen LogP contribution in [0, 0.1) is 17.5 Å². The monoisotopic (exact) mass is 434 g/mol. The van der Waals surface area contributed by atoms with Gasteiger partial charge in [0.2, 0.25) is 5.91 Å². The molecule has 0 saturated heterocycles. The number of esters is 1. The summed E-state index contributed by atoms with van der Waals surface area (Å²) in [7, 11) is 0. The van der Waals surface area contributed by atoms with Crippen molar-refractivity contribution in [1.29, 1.82) is 0 Å². The maximum Gasteiger partial charge on any atom is 0.339 e. The van der Waals surface area contributed by atoms with Crippen molar-refractivity contribution in [2.45, 2.75) is 32.3 Å². The van der Waals surface area contributed by atoms with Crippen molar-refractivity contribution in [3.8, 4) is 0 Å². The van der Waals surface area contributed by atoms with E-state index >= 15 is 0 Å². The van der Waals surface area contributed by atoms with Crippen LogP contribution >= 0.6 is 0 Å². The molecule has 0 bridgehead atoms. The number of hydrogen-bond donors (Lipinski definition) is 1. The van der Waals surface area contributed by atoms with E-state index in [0.717, 1.165) is 6.07 Å². The van der Waals surface area contributed by atoms with E-state index in [0.29, 0.717) is 23.6 Å². The van der Waals surface area contributed by atoms with Gasteiger partial charge >= 0.3 is 5.97 Å². The van der Waals surface area contributed by atoms with Crippen LogP contribution in [0.2, 0.25) is 0 Å². The molecule has 9 heteroatoms. The number of halogens is 3. The van der Waals surface area contributed by atoms with Crippen molar-refractivity contribution in [2.75, 3.05) is 18.4 Å². The van der Waals surface area contributed by atoms with Crippen LogP contribution < -0.4 is 5.32 Å². The minimum Gasteiger partial charge on any atom is -0.445 e. The summed E-state index contributed by atoms with van der Waals surface area (Å²) >= 11 is 0. The maximum absolute atomic E-state index is 13.8. The first-order valence-corrected chi connectivity index (χ1v) is 9.70. The fourth-order valence-electron chi connectivity index (χ4n) is 3.49. The molecule has 1 atom stereocenters. The number of ether oxygens (including phenoxy) is 1. The molecule has 0 aromatic heterocycles. The molecule has 2 aromatic carbocycles. The van der Waals surface area contributed by atoms with Crippen LogP contribution in [0.5, 0.6) is 0 Å². The van der Waals surface area contributed by atoms with Gasteiger partial charge in [-0.25, -0.2) is 18.0 Å². The molecule has 1 heterocycles. The van der Waals surface area contributed by atoms with E-state index in [1.807, 2.05) is 0 Å². The van der Waals surface area contributed by atoms with Gasteiger partial charge in [0, 0.05) is 13.0 Å². The molecule has 0 saturated carbocycles. The van der Waals surface area contributed by atoms with Gasteiger partial charge in [0.15, 0.2) is 23.1 Å². The molecule has 0 aliphatic carbocycles. The number of hydrogen-bond acceptors (Lipinski definition) is 4. The highest BCUT2D eigenvalue weighted by atomic mass is 19.2. The summed E-state index contributed by atoms with van der Waals surface area (Å²) in [5.41, 5.74) is -1.04. The second kappa shape index (κ2) is 8.79. The molecule has 3 rings (SSSR count). The van der Waals surface area contributed by atoms with Crippen LogP contribution in [-0.4, -0.2) is 41.4 Å². The quantitative estimate of drug-likeness (QED) is 0.558. The number of amides is 2. The summed E-state index contributed by atoms with van der Waals surface area (Å²) < 4.78 is 45.7. The van der Waals surface area contributed by atoms with E-state index in [1.165, 1.54) is 11.8 Å². The van der Waals surface area contributed by atoms with Gasteiger partial charge < -0.3 is 15.0 Å². The van der Waals surface area contributed by atoms with Crippen molar-refractivity contribution in [1.82, 2.24) is 4.90 Å². The second-order valence-electron chi connectivity index (χ2n) is 7.45. The summed E-state index contributed by atoms with van der Waals surface area (Å²) in [5, 5.41) is 2.14. The number of nitrogens with one attached hydrogen (secondary N) is 1. The number of anilines is 1. The van der Waals surface area contributed by atoms with Crippen molar-refractivity contribution in [3.63, 3.8) is 0 Å². The van der Waals surface area contributed by atoms with Crippen molar-refractivity contribution in [3.05, 3.63) is 65.0 Å². The lowest BCUT2D eigenvalue weighted by Gasteiger charge is -2.37. The van der Waals surface area contributed by atoms with Gasteiger partial charge in [-0.1, -0.05) is 25.1 Å². The van der Waals surface area contributed by atoms with E-state index in [-0.39, 0.29) is 13.0 Å². The van der Waals surface area contributed by atoms with E-state index in [9.17, 15) is 27.6 Å². The van der Waals surface area contributed by atoms with E-state index in [4.69, 9.17) is 4.74 Å². The van der Waals surface area contributed by atoms with Gasteiger partial charge in [-0.05, 0) is 37.1 Å². The first-order valence-electron chi connectivity index (χ1n) is 9.70. The number of benzene rings is 2. The predicted octanol–water partition coefficient (Wildman–Crippen LogP) is 3.45. The van der Waals surface area contributed by atoms with Gasteiger partial charge in [-0.15, -0.1) is 0 Å². The molecular weight excluding hydrogens is 413 g/mol. The highest BCUT2D eigenvalue weighted by Crippen LogP contribution is 2.30. The first kappa shape index (κ1) is 22.3. The molecule has 164 valence electrons. The first-order chi connectivity index (χ1) is 14.7. The van der Waals surface area contributed by atoms with E-state index < -0.39 is 53.1 Å². The van der Waals surface area contributed by atoms with Crippen LogP contribution in [0.25, 0.3) is 0 Å². The number of cyclic esters (lactones) is 1. The standard InChI is InChI=1S/C22H21F3N2O4/c1-3-10-27(12-17(28)26-16-9-8-15(23)18(24)19(16)25)21(30)22(2)11-13-6-4-5-7-14(13)20(29)31-22/h4-9H,3,10-12H2,1-2H3,(H,26,28). The van der Waals surface area contributed by atoms with E-state index in [2.05, 4.69) is 5.32 Å². The lowest BCUT2D eigenvalue weighted by molar-refractivity contribution is -0.152. The Bertz CT molecular complexity index is 1040. The third kappa shape index (κ3) is 4.55.